The highest BCUT2D eigenvalue weighted by molar-refractivity contribution is 7.90. The van der Waals surface area contributed by atoms with Gasteiger partial charge in [-0.25, -0.2) is 21.6 Å². The molecule has 2 aromatic rings. The van der Waals surface area contributed by atoms with Gasteiger partial charge < -0.3 is 5.32 Å². The molecule has 0 atom stereocenters. The highest BCUT2D eigenvalue weighted by Crippen LogP contribution is 2.13. The van der Waals surface area contributed by atoms with E-state index in [1.807, 2.05) is 0 Å². The lowest BCUT2D eigenvalue weighted by atomic mass is 10.1. The SMILES string of the molecule is CC(C)NS(=O)(=O)c1cccc(CNC(=O)c2cccc(CS(C)(=O)=O)c2)c1. The number of sulfonamides is 1. The first-order valence-corrected chi connectivity index (χ1v) is 12.2. The van der Waals surface area contributed by atoms with E-state index >= 15 is 0 Å². The lowest BCUT2D eigenvalue weighted by Gasteiger charge is -2.11. The molecule has 2 N–H and O–H groups in total. The van der Waals surface area contributed by atoms with Crippen LogP contribution >= 0.6 is 0 Å². The number of amides is 1. The first-order valence-electron chi connectivity index (χ1n) is 8.62. The maximum absolute atomic E-state index is 12.4. The van der Waals surface area contributed by atoms with Gasteiger partial charge in [-0.05, 0) is 49.2 Å². The summed E-state index contributed by atoms with van der Waals surface area (Å²) in [4.78, 5) is 12.5. The molecule has 28 heavy (non-hydrogen) atoms. The third-order valence-corrected chi connectivity index (χ3v) is 6.18. The Hall–Kier alpha value is -2.23. The number of carbonyl (C=O) groups is 1. The summed E-state index contributed by atoms with van der Waals surface area (Å²) in [6, 6.07) is 12.5. The van der Waals surface area contributed by atoms with Crippen LogP contribution in [0.25, 0.3) is 0 Å². The van der Waals surface area contributed by atoms with Crippen molar-refractivity contribution in [2.24, 2.45) is 0 Å². The predicted octanol–water partition coefficient (Wildman–Crippen LogP) is 1.85. The Morgan fingerprint density at radius 3 is 2.25 bits per heavy atom. The molecule has 0 saturated heterocycles. The minimum absolute atomic E-state index is 0.128. The Labute approximate surface area is 166 Å². The van der Waals surface area contributed by atoms with Gasteiger partial charge >= 0.3 is 0 Å². The van der Waals surface area contributed by atoms with Gasteiger partial charge in [-0.15, -0.1) is 0 Å². The van der Waals surface area contributed by atoms with Crippen molar-refractivity contribution in [3.63, 3.8) is 0 Å². The summed E-state index contributed by atoms with van der Waals surface area (Å²) < 4.78 is 49.9. The molecule has 0 radical (unpaired) electrons. The second-order valence-electron chi connectivity index (χ2n) is 6.88. The summed E-state index contributed by atoms with van der Waals surface area (Å²) in [5, 5.41) is 2.72. The van der Waals surface area contributed by atoms with Gasteiger partial charge in [-0.1, -0.05) is 24.3 Å². The third-order valence-electron chi connectivity index (χ3n) is 3.67. The van der Waals surface area contributed by atoms with Gasteiger partial charge in [-0.3, -0.25) is 4.79 Å². The zero-order valence-corrected chi connectivity index (χ0v) is 17.6. The van der Waals surface area contributed by atoms with E-state index in [0.717, 1.165) is 6.26 Å². The van der Waals surface area contributed by atoms with Crippen molar-refractivity contribution < 1.29 is 21.6 Å². The Bertz CT molecular complexity index is 1060. The number of hydrogen-bond acceptors (Lipinski definition) is 5. The fraction of sp³-hybridized carbons (Fsp3) is 0.316. The van der Waals surface area contributed by atoms with E-state index in [2.05, 4.69) is 10.0 Å². The number of nitrogens with one attached hydrogen (secondary N) is 2. The van der Waals surface area contributed by atoms with Crippen molar-refractivity contribution >= 4 is 25.8 Å². The van der Waals surface area contributed by atoms with E-state index < -0.39 is 19.9 Å². The van der Waals surface area contributed by atoms with Crippen LogP contribution in [0.3, 0.4) is 0 Å². The number of sulfone groups is 1. The van der Waals surface area contributed by atoms with E-state index in [1.54, 1.807) is 44.2 Å². The molecule has 9 heteroatoms. The zero-order chi connectivity index (χ0) is 20.9. The lowest BCUT2D eigenvalue weighted by Crippen LogP contribution is -2.30. The zero-order valence-electron chi connectivity index (χ0n) is 16.0. The fourth-order valence-electron chi connectivity index (χ4n) is 2.59. The Kier molecular flexibility index (Phi) is 6.97. The van der Waals surface area contributed by atoms with Crippen molar-refractivity contribution in [3.8, 4) is 0 Å². The Morgan fingerprint density at radius 1 is 0.964 bits per heavy atom. The predicted molar refractivity (Wildman–Crippen MR) is 108 cm³/mol. The average molecular weight is 425 g/mol. The molecule has 0 bridgehead atoms. The van der Waals surface area contributed by atoms with Gasteiger partial charge in [0, 0.05) is 24.4 Å². The van der Waals surface area contributed by atoms with Gasteiger partial charge in [0.05, 0.1) is 10.6 Å². The summed E-state index contributed by atoms with van der Waals surface area (Å²) in [7, 11) is -6.81. The topological polar surface area (TPSA) is 109 Å². The highest BCUT2D eigenvalue weighted by Gasteiger charge is 2.16. The molecular formula is C19H24N2O5S2. The van der Waals surface area contributed by atoms with Gasteiger partial charge in [-0.2, -0.15) is 0 Å². The van der Waals surface area contributed by atoms with E-state index in [4.69, 9.17) is 0 Å². The summed E-state index contributed by atoms with van der Waals surface area (Å²) in [6.07, 6.45) is 1.13. The monoisotopic (exact) mass is 424 g/mol. The van der Waals surface area contributed by atoms with Crippen LogP contribution in [0.5, 0.6) is 0 Å². The molecule has 0 aliphatic carbocycles. The van der Waals surface area contributed by atoms with Crippen LogP contribution in [0.1, 0.15) is 35.3 Å². The summed E-state index contributed by atoms with van der Waals surface area (Å²) in [6.45, 7) is 3.61. The van der Waals surface area contributed by atoms with Crippen LogP contribution in [-0.4, -0.2) is 35.0 Å². The van der Waals surface area contributed by atoms with E-state index in [1.165, 1.54) is 18.2 Å². The Balaban J connectivity index is 2.09. The van der Waals surface area contributed by atoms with Crippen molar-refractivity contribution in [2.75, 3.05) is 6.26 Å². The van der Waals surface area contributed by atoms with Crippen molar-refractivity contribution in [1.82, 2.24) is 10.0 Å². The summed E-state index contributed by atoms with van der Waals surface area (Å²) in [5.74, 6) is -0.513. The van der Waals surface area contributed by atoms with Crippen LogP contribution in [0.2, 0.25) is 0 Å². The van der Waals surface area contributed by atoms with Crippen molar-refractivity contribution in [1.29, 1.82) is 0 Å². The largest absolute Gasteiger partial charge is 0.348 e. The maximum atomic E-state index is 12.4. The van der Waals surface area contributed by atoms with Gasteiger partial charge in [0.2, 0.25) is 10.0 Å². The first kappa shape index (κ1) is 22.1. The van der Waals surface area contributed by atoms with Crippen LogP contribution in [0, 0.1) is 0 Å². The average Bonchev–Trinajstić information content (AvgIpc) is 2.57. The standard InChI is InChI=1S/C19H24N2O5S2/c1-14(2)21-28(25,26)18-9-5-6-15(11-18)12-20-19(22)17-8-4-7-16(10-17)13-27(3,23)24/h4-11,14,21H,12-13H2,1-3H3,(H,20,22). The quantitative estimate of drug-likeness (QED) is 0.672. The number of rotatable bonds is 8. The van der Waals surface area contributed by atoms with E-state index in [9.17, 15) is 21.6 Å². The molecule has 2 aromatic carbocycles. The van der Waals surface area contributed by atoms with Crippen LogP contribution in [0.4, 0.5) is 0 Å². The summed E-state index contributed by atoms with van der Waals surface area (Å²) in [5.41, 5.74) is 1.50. The van der Waals surface area contributed by atoms with Crippen LogP contribution < -0.4 is 10.0 Å². The molecule has 0 aromatic heterocycles. The van der Waals surface area contributed by atoms with E-state index in [-0.39, 0.29) is 29.1 Å². The molecule has 0 aliphatic rings. The number of benzene rings is 2. The molecule has 7 nitrogen and oxygen atoms in total. The normalized spacial score (nSPS) is 12.1. The summed E-state index contributed by atoms with van der Waals surface area (Å²) >= 11 is 0. The lowest BCUT2D eigenvalue weighted by molar-refractivity contribution is 0.0950. The van der Waals surface area contributed by atoms with Crippen molar-refractivity contribution in [3.05, 3.63) is 65.2 Å². The molecule has 1 amide bonds. The molecular weight excluding hydrogens is 400 g/mol. The first-order chi connectivity index (χ1) is 13.0. The molecule has 0 aliphatic heterocycles. The van der Waals surface area contributed by atoms with Gasteiger partial charge in [0.25, 0.3) is 5.91 Å². The number of hydrogen-bond donors (Lipinski definition) is 2. The second kappa shape index (κ2) is 8.85. The highest BCUT2D eigenvalue weighted by atomic mass is 32.2. The van der Waals surface area contributed by atoms with Crippen molar-refractivity contribution in [2.45, 2.75) is 37.1 Å². The van der Waals surface area contributed by atoms with Gasteiger partial charge in [0.15, 0.2) is 9.84 Å². The van der Waals surface area contributed by atoms with E-state index in [0.29, 0.717) is 16.7 Å². The smallest absolute Gasteiger partial charge is 0.251 e. The molecule has 152 valence electrons. The third kappa shape index (κ3) is 6.74. The number of carbonyl (C=O) groups excluding carboxylic acids is 1. The molecule has 2 rings (SSSR count). The molecule has 0 unspecified atom stereocenters. The molecule has 0 saturated carbocycles. The van der Waals surface area contributed by atoms with Crippen LogP contribution in [-0.2, 0) is 32.2 Å². The van der Waals surface area contributed by atoms with Gasteiger partial charge in [0.1, 0.15) is 0 Å². The maximum Gasteiger partial charge on any atom is 0.251 e. The minimum atomic E-state index is -3.62. The Morgan fingerprint density at radius 2 is 1.61 bits per heavy atom. The minimum Gasteiger partial charge on any atom is -0.348 e. The second-order valence-corrected chi connectivity index (χ2v) is 10.7. The molecule has 0 spiro atoms. The van der Waals surface area contributed by atoms with Crippen LogP contribution in [0.15, 0.2) is 53.4 Å². The molecule has 0 fully saturated rings. The fourth-order valence-corrected chi connectivity index (χ4v) is 4.70. The molecule has 0 heterocycles.